The largest absolute Gasteiger partial charge is 0.481 e. The molecule has 5 heterocycles. The lowest BCUT2D eigenvalue weighted by atomic mass is 9.93. The van der Waals surface area contributed by atoms with Crippen molar-refractivity contribution >= 4 is 39.6 Å². The van der Waals surface area contributed by atoms with Crippen LogP contribution in [0, 0.1) is 19.8 Å². The normalized spacial score (nSPS) is 19.3. The number of benzene rings is 3. The molecule has 57 heavy (non-hydrogen) atoms. The van der Waals surface area contributed by atoms with Gasteiger partial charge in [0.2, 0.25) is 5.89 Å². The number of alkyl halides is 2. The molecule has 2 aliphatic heterocycles. The standard InChI is InChI=1S/C44H45F2N7O4/c1-24-31(7-3-9-33(24)43-50-36-17-29(34(27-11-12-27)18-38(36)57-43)22-52-14-5-6-28(21-52)44(55)56)32-8-4-10-35(25(32)2)48-41-39-37(49-42(51-41)40(45)46)16-26(19-47-39)20-53-15-13-30(54)23-53/h3-4,7-10,16-19,27-28,30,40,54H,5-6,11-15,20-23H2,1-2H3,(H,55,56)(H,48,49,51). The fourth-order valence-corrected chi connectivity index (χ4v) is 8.61. The van der Waals surface area contributed by atoms with Crippen LogP contribution in [0.2, 0.25) is 0 Å². The number of carbonyl (C=O) groups is 1. The van der Waals surface area contributed by atoms with Gasteiger partial charge in [-0.25, -0.2) is 23.7 Å². The molecular formula is C44H45F2N7O4. The molecule has 1 aliphatic carbocycles. The second-order valence-corrected chi connectivity index (χ2v) is 15.9. The number of fused-ring (bicyclic) bond motifs is 2. The second-order valence-electron chi connectivity index (χ2n) is 15.9. The minimum Gasteiger partial charge on any atom is -0.481 e. The van der Waals surface area contributed by atoms with Crippen molar-refractivity contribution in [3.63, 3.8) is 0 Å². The molecule has 3 aromatic carbocycles. The van der Waals surface area contributed by atoms with Gasteiger partial charge in [0.25, 0.3) is 6.43 Å². The lowest BCUT2D eigenvalue weighted by Gasteiger charge is -2.31. The summed E-state index contributed by atoms with van der Waals surface area (Å²) in [6.45, 7) is 8.02. The van der Waals surface area contributed by atoms with Gasteiger partial charge < -0.3 is 19.9 Å². The number of oxazole rings is 1. The molecule has 2 atom stereocenters. The molecule has 3 fully saturated rings. The monoisotopic (exact) mass is 773 g/mol. The van der Waals surface area contributed by atoms with Gasteiger partial charge in [-0.15, -0.1) is 0 Å². The van der Waals surface area contributed by atoms with Crippen molar-refractivity contribution in [3.05, 3.63) is 94.4 Å². The van der Waals surface area contributed by atoms with E-state index in [9.17, 15) is 23.8 Å². The van der Waals surface area contributed by atoms with Crippen LogP contribution in [0.3, 0.4) is 0 Å². The summed E-state index contributed by atoms with van der Waals surface area (Å²) >= 11 is 0. The Kier molecular flexibility index (Phi) is 9.91. The van der Waals surface area contributed by atoms with E-state index in [0.717, 1.165) is 83.3 Å². The minimum absolute atomic E-state index is 0.197. The Morgan fingerprint density at radius 1 is 0.895 bits per heavy atom. The molecule has 3 N–H and O–H groups in total. The zero-order valence-electron chi connectivity index (χ0n) is 32.0. The molecule has 6 aromatic rings. The second kappa shape index (κ2) is 15.2. The van der Waals surface area contributed by atoms with E-state index in [4.69, 9.17) is 9.40 Å². The maximum absolute atomic E-state index is 14.1. The summed E-state index contributed by atoms with van der Waals surface area (Å²) in [5.74, 6) is -0.428. The first-order chi connectivity index (χ1) is 27.6. The Morgan fingerprint density at radius 2 is 1.67 bits per heavy atom. The van der Waals surface area contributed by atoms with Gasteiger partial charge in [0.1, 0.15) is 11.0 Å². The van der Waals surface area contributed by atoms with Crippen LogP contribution in [0.25, 0.3) is 44.7 Å². The quantitative estimate of drug-likeness (QED) is 0.117. The van der Waals surface area contributed by atoms with Crippen molar-refractivity contribution < 1.29 is 28.2 Å². The number of piperidine rings is 1. The zero-order valence-corrected chi connectivity index (χ0v) is 32.0. The van der Waals surface area contributed by atoms with Gasteiger partial charge in [0.05, 0.1) is 17.5 Å². The molecule has 3 aliphatic rings. The Bertz CT molecular complexity index is 2500. The predicted octanol–water partition coefficient (Wildman–Crippen LogP) is 8.54. The topological polar surface area (TPSA) is 141 Å². The lowest BCUT2D eigenvalue weighted by Crippen LogP contribution is -2.38. The fraction of sp³-hybridized carbons (Fsp3) is 0.386. The smallest absolute Gasteiger partial charge is 0.307 e. The number of aliphatic hydroxyl groups excluding tert-OH is 1. The van der Waals surface area contributed by atoms with Crippen molar-refractivity contribution in [1.29, 1.82) is 0 Å². The Morgan fingerprint density at radius 3 is 2.42 bits per heavy atom. The molecule has 13 heteroatoms. The first kappa shape index (κ1) is 37.2. The van der Waals surface area contributed by atoms with Crippen molar-refractivity contribution in [1.82, 2.24) is 29.7 Å². The molecule has 0 amide bonds. The van der Waals surface area contributed by atoms with Crippen LogP contribution in [0.4, 0.5) is 20.3 Å². The summed E-state index contributed by atoms with van der Waals surface area (Å²) in [7, 11) is 0. The third-order valence-electron chi connectivity index (χ3n) is 11.8. The maximum atomic E-state index is 14.1. The van der Waals surface area contributed by atoms with Crippen LogP contribution >= 0.6 is 0 Å². The summed E-state index contributed by atoms with van der Waals surface area (Å²) in [5.41, 5.74) is 10.9. The molecule has 9 rings (SSSR count). The van der Waals surface area contributed by atoms with E-state index in [1.54, 1.807) is 12.3 Å². The molecule has 2 unspecified atom stereocenters. The first-order valence-electron chi connectivity index (χ1n) is 19.8. The third-order valence-corrected chi connectivity index (χ3v) is 11.8. The Labute approximate surface area is 328 Å². The number of aliphatic hydroxyl groups is 1. The van der Waals surface area contributed by atoms with E-state index in [2.05, 4.69) is 48.3 Å². The molecule has 0 radical (unpaired) electrons. The van der Waals surface area contributed by atoms with Crippen LogP contribution in [0.15, 0.2) is 65.2 Å². The third kappa shape index (κ3) is 7.59. The average molecular weight is 774 g/mol. The molecule has 294 valence electrons. The summed E-state index contributed by atoms with van der Waals surface area (Å²) in [6, 6.07) is 17.9. The highest BCUT2D eigenvalue weighted by Crippen LogP contribution is 2.44. The number of carboxylic acid groups (broad SMARTS) is 1. The highest BCUT2D eigenvalue weighted by atomic mass is 19.3. The van der Waals surface area contributed by atoms with E-state index in [1.165, 1.54) is 11.1 Å². The molecule has 1 saturated carbocycles. The van der Waals surface area contributed by atoms with Crippen LogP contribution in [-0.4, -0.2) is 78.2 Å². The summed E-state index contributed by atoms with van der Waals surface area (Å²) in [4.78, 5) is 34.1. The molecule has 0 spiro atoms. The molecule has 11 nitrogen and oxygen atoms in total. The number of halogens is 2. The van der Waals surface area contributed by atoms with Crippen molar-refractivity contribution in [2.75, 3.05) is 31.5 Å². The van der Waals surface area contributed by atoms with E-state index >= 15 is 0 Å². The maximum Gasteiger partial charge on any atom is 0.307 e. The molecular weight excluding hydrogens is 729 g/mol. The summed E-state index contributed by atoms with van der Waals surface area (Å²) in [5, 5.41) is 22.9. The van der Waals surface area contributed by atoms with Gasteiger partial charge in [-0.2, -0.15) is 0 Å². The number of nitrogens with one attached hydrogen (secondary N) is 1. The number of hydrogen-bond acceptors (Lipinski definition) is 10. The molecule has 0 bridgehead atoms. The van der Waals surface area contributed by atoms with Gasteiger partial charge in [-0.05, 0) is 128 Å². The van der Waals surface area contributed by atoms with E-state index in [1.807, 2.05) is 44.2 Å². The number of anilines is 2. The van der Waals surface area contributed by atoms with Gasteiger partial charge in [0.15, 0.2) is 17.2 Å². The highest BCUT2D eigenvalue weighted by Gasteiger charge is 2.31. The van der Waals surface area contributed by atoms with E-state index in [-0.39, 0.29) is 17.8 Å². The number of likely N-dealkylation sites (tertiary alicyclic amines) is 2. The van der Waals surface area contributed by atoms with Crippen LogP contribution in [-0.2, 0) is 17.9 Å². The number of carboxylic acids is 1. The number of pyridine rings is 1. The zero-order chi connectivity index (χ0) is 39.4. The van der Waals surface area contributed by atoms with Gasteiger partial charge in [-0.1, -0.05) is 24.3 Å². The summed E-state index contributed by atoms with van der Waals surface area (Å²) < 4.78 is 34.7. The fourth-order valence-electron chi connectivity index (χ4n) is 8.61. The van der Waals surface area contributed by atoms with Gasteiger partial charge in [-0.3, -0.25) is 19.6 Å². The van der Waals surface area contributed by atoms with E-state index < -0.39 is 18.2 Å². The average Bonchev–Trinajstić information content (AvgIpc) is 3.83. The van der Waals surface area contributed by atoms with Gasteiger partial charge in [0, 0.05) is 50.2 Å². The predicted molar refractivity (Wildman–Crippen MR) is 213 cm³/mol. The van der Waals surface area contributed by atoms with Crippen LogP contribution in [0.1, 0.15) is 78.1 Å². The molecule has 3 aromatic heterocycles. The Hall–Kier alpha value is -5.37. The number of aliphatic carboxylic acids is 1. The van der Waals surface area contributed by atoms with Crippen LogP contribution in [0.5, 0.6) is 0 Å². The van der Waals surface area contributed by atoms with Crippen LogP contribution < -0.4 is 5.32 Å². The number of hydrogen-bond donors (Lipinski definition) is 3. The summed E-state index contributed by atoms with van der Waals surface area (Å²) in [6.07, 6.45) is 3.05. The number of β-amino-alcohol motifs (C(OH)–C–C–N with tert-alkyl or cyclic N) is 1. The van der Waals surface area contributed by atoms with Gasteiger partial charge >= 0.3 is 5.97 Å². The van der Waals surface area contributed by atoms with E-state index in [0.29, 0.717) is 61.1 Å². The number of nitrogens with zero attached hydrogens (tertiary/aromatic N) is 6. The first-order valence-corrected chi connectivity index (χ1v) is 19.8. The number of rotatable bonds is 11. The van der Waals surface area contributed by atoms with Crippen molar-refractivity contribution in [2.24, 2.45) is 5.92 Å². The molecule has 2 saturated heterocycles. The van der Waals surface area contributed by atoms with Crippen molar-refractivity contribution in [3.8, 4) is 22.6 Å². The lowest BCUT2D eigenvalue weighted by molar-refractivity contribution is -0.143. The minimum atomic E-state index is -2.87. The van der Waals surface area contributed by atoms with Crippen molar-refractivity contribution in [2.45, 2.75) is 77.5 Å². The Balaban J connectivity index is 1.01. The number of aromatic nitrogens is 4. The highest BCUT2D eigenvalue weighted by molar-refractivity contribution is 5.89. The SMILES string of the molecule is Cc1c(Nc2nc(C(F)F)nc3cc(CN4CCC(O)C4)cnc23)cccc1-c1cccc(-c2nc3cc(CN4CCCC(C(=O)O)C4)c(C4CC4)cc3o2)c1C.